The first-order valence-corrected chi connectivity index (χ1v) is 13.9. The lowest BCUT2D eigenvalue weighted by molar-refractivity contribution is -0.125. The molecule has 1 unspecified atom stereocenters. The number of benzene rings is 2. The van der Waals surface area contributed by atoms with E-state index in [1.165, 1.54) is 37.5 Å². The Morgan fingerprint density at radius 2 is 1.95 bits per heavy atom. The molecule has 1 N–H and O–H groups in total. The molecule has 1 fully saturated rings. The summed E-state index contributed by atoms with van der Waals surface area (Å²) in [4.78, 5) is 19.1. The largest absolute Gasteiger partial charge is 0.495 e. The summed E-state index contributed by atoms with van der Waals surface area (Å²) in [6, 6.07) is 9.37. The molecule has 11 heteroatoms. The van der Waals surface area contributed by atoms with Gasteiger partial charge in [0.1, 0.15) is 11.6 Å². The SMILES string of the molecule is COc1cc(/C=C/C(=O)N(/C=C/N(C)C)C2CCN(Cc3ccc(F)cc3)C2)c(NS(C)(=O)=O)cc1Cl. The van der Waals surface area contributed by atoms with Crippen LogP contribution in [0.5, 0.6) is 5.75 Å². The second-order valence-electron chi connectivity index (χ2n) is 9.09. The Kier molecular flexibility index (Phi) is 9.58. The molecule has 8 nitrogen and oxygen atoms in total. The Hall–Kier alpha value is -3.08. The normalized spacial score (nSPS) is 16.4. The zero-order valence-electron chi connectivity index (χ0n) is 21.3. The molecule has 200 valence electrons. The smallest absolute Gasteiger partial charge is 0.250 e. The van der Waals surface area contributed by atoms with Gasteiger partial charge in [-0.25, -0.2) is 12.8 Å². The molecule has 0 radical (unpaired) electrons. The van der Waals surface area contributed by atoms with Gasteiger partial charge in [-0.1, -0.05) is 23.7 Å². The van der Waals surface area contributed by atoms with Crippen LogP contribution in [0.1, 0.15) is 17.5 Å². The summed E-state index contributed by atoms with van der Waals surface area (Å²) in [6.07, 6.45) is 8.30. The van der Waals surface area contributed by atoms with Gasteiger partial charge < -0.3 is 14.5 Å². The highest BCUT2D eigenvalue weighted by Crippen LogP contribution is 2.32. The highest BCUT2D eigenvalue weighted by atomic mass is 35.5. The van der Waals surface area contributed by atoms with Crippen LogP contribution in [0.3, 0.4) is 0 Å². The number of rotatable bonds is 10. The molecule has 0 saturated carbocycles. The van der Waals surface area contributed by atoms with Gasteiger partial charge in [0.05, 0.1) is 30.1 Å². The van der Waals surface area contributed by atoms with Crippen molar-refractivity contribution in [1.29, 1.82) is 0 Å². The summed E-state index contributed by atoms with van der Waals surface area (Å²) in [6.45, 7) is 2.11. The zero-order valence-corrected chi connectivity index (χ0v) is 22.9. The monoisotopic (exact) mass is 550 g/mol. The topological polar surface area (TPSA) is 82.2 Å². The number of nitrogens with one attached hydrogen (secondary N) is 1. The summed E-state index contributed by atoms with van der Waals surface area (Å²) in [5.74, 6) is -0.177. The molecule has 3 rings (SSSR count). The summed E-state index contributed by atoms with van der Waals surface area (Å²) in [5.41, 5.74) is 1.67. The number of halogens is 2. The highest BCUT2D eigenvalue weighted by molar-refractivity contribution is 7.92. The predicted octanol–water partition coefficient (Wildman–Crippen LogP) is 4.01. The fourth-order valence-corrected chi connectivity index (χ4v) is 4.83. The zero-order chi connectivity index (χ0) is 27.2. The fraction of sp³-hybridized carbons (Fsp3) is 0.346. The molecule has 0 spiro atoms. The van der Waals surface area contributed by atoms with Crippen LogP contribution < -0.4 is 9.46 Å². The minimum atomic E-state index is -3.58. The Labute approximate surface area is 223 Å². The van der Waals surface area contributed by atoms with Gasteiger partial charge in [0, 0.05) is 57.8 Å². The molecule has 1 heterocycles. The van der Waals surface area contributed by atoms with Gasteiger partial charge in [0.15, 0.2) is 0 Å². The second-order valence-corrected chi connectivity index (χ2v) is 11.2. The minimum absolute atomic E-state index is 0.0674. The maximum Gasteiger partial charge on any atom is 0.250 e. The van der Waals surface area contributed by atoms with E-state index in [1.54, 1.807) is 35.5 Å². The molecule has 1 aliphatic heterocycles. The third kappa shape index (κ3) is 8.48. The van der Waals surface area contributed by atoms with E-state index in [9.17, 15) is 17.6 Å². The predicted molar refractivity (Wildman–Crippen MR) is 145 cm³/mol. The van der Waals surface area contributed by atoms with Gasteiger partial charge in [0.2, 0.25) is 10.0 Å². The Morgan fingerprint density at radius 3 is 2.57 bits per heavy atom. The van der Waals surface area contributed by atoms with Crippen molar-refractivity contribution in [3.63, 3.8) is 0 Å². The minimum Gasteiger partial charge on any atom is -0.495 e. The average Bonchev–Trinajstić information content (AvgIpc) is 3.27. The molecule has 37 heavy (non-hydrogen) atoms. The van der Waals surface area contributed by atoms with Gasteiger partial charge in [-0.3, -0.25) is 14.4 Å². The molecular formula is C26H32ClFN4O4S. The Bertz CT molecular complexity index is 1270. The van der Waals surface area contributed by atoms with Crippen LogP contribution in [0.25, 0.3) is 6.08 Å². The number of ether oxygens (including phenoxy) is 1. The van der Waals surface area contributed by atoms with E-state index in [0.29, 0.717) is 24.4 Å². The molecule has 2 aromatic carbocycles. The molecular weight excluding hydrogens is 519 g/mol. The summed E-state index contributed by atoms with van der Waals surface area (Å²) in [7, 11) is 1.61. The van der Waals surface area contributed by atoms with Crippen LogP contribution in [0, 0.1) is 5.82 Å². The van der Waals surface area contributed by atoms with Crippen LogP contribution in [0.2, 0.25) is 5.02 Å². The lowest BCUT2D eigenvalue weighted by Gasteiger charge is -2.25. The van der Waals surface area contributed by atoms with Gasteiger partial charge in [-0.15, -0.1) is 0 Å². The molecule has 1 aliphatic rings. The molecule has 0 bridgehead atoms. The third-order valence-corrected chi connectivity index (χ3v) is 6.65. The first-order valence-electron chi connectivity index (χ1n) is 11.6. The Morgan fingerprint density at radius 1 is 1.24 bits per heavy atom. The van der Waals surface area contributed by atoms with E-state index >= 15 is 0 Å². The quantitative estimate of drug-likeness (QED) is 0.450. The van der Waals surface area contributed by atoms with Crippen LogP contribution >= 0.6 is 11.6 Å². The molecule has 1 saturated heterocycles. The van der Waals surface area contributed by atoms with Crippen LogP contribution in [-0.4, -0.2) is 75.6 Å². The fourth-order valence-electron chi connectivity index (χ4n) is 4.01. The maximum atomic E-state index is 13.3. The number of carbonyl (C=O) groups is 1. The number of hydrogen-bond acceptors (Lipinski definition) is 6. The molecule has 1 amide bonds. The Balaban J connectivity index is 1.81. The standard InChI is InChI=1S/C26H32ClFN4O4S/c1-30(2)13-14-32(22-11-12-31(18-22)17-19-5-8-21(28)9-6-19)26(33)10-7-20-15-25(36-3)23(27)16-24(20)29-37(4,34)35/h5-10,13-16,22,29H,11-12,17-18H2,1-4H3/b10-7+,14-13+. The first kappa shape index (κ1) is 28.5. The summed E-state index contributed by atoms with van der Waals surface area (Å²) in [5, 5.41) is 0.236. The van der Waals surface area contributed by atoms with Gasteiger partial charge >= 0.3 is 0 Å². The third-order valence-electron chi connectivity index (χ3n) is 5.77. The second kappa shape index (κ2) is 12.4. The number of methoxy groups -OCH3 is 1. The number of amides is 1. The molecule has 2 aromatic rings. The highest BCUT2D eigenvalue weighted by Gasteiger charge is 2.29. The van der Waals surface area contributed by atoms with E-state index in [2.05, 4.69) is 9.62 Å². The summed E-state index contributed by atoms with van der Waals surface area (Å²) >= 11 is 6.18. The van der Waals surface area contributed by atoms with Crippen molar-refractivity contribution in [1.82, 2.24) is 14.7 Å². The van der Waals surface area contributed by atoms with Crippen molar-refractivity contribution in [2.45, 2.75) is 19.0 Å². The molecule has 0 aliphatic carbocycles. The van der Waals surface area contributed by atoms with Crippen molar-refractivity contribution in [2.24, 2.45) is 0 Å². The van der Waals surface area contributed by atoms with Crippen molar-refractivity contribution in [2.75, 3.05) is 45.3 Å². The van der Waals surface area contributed by atoms with Gasteiger partial charge in [0.25, 0.3) is 5.91 Å². The van der Waals surface area contributed by atoms with Gasteiger partial charge in [-0.2, -0.15) is 0 Å². The van der Waals surface area contributed by atoms with Crippen molar-refractivity contribution in [3.8, 4) is 5.75 Å². The van der Waals surface area contributed by atoms with Gasteiger partial charge in [-0.05, 0) is 42.3 Å². The summed E-state index contributed by atoms with van der Waals surface area (Å²) < 4.78 is 44.6. The van der Waals surface area contributed by atoms with Crippen molar-refractivity contribution in [3.05, 3.63) is 76.8 Å². The van der Waals surface area contributed by atoms with E-state index in [4.69, 9.17) is 16.3 Å². The van der Waals surface area contributed by atoms with Crippen LogP contribution in [0.4, 0.5) is 10.1 Å². The maximum absolute atomic E-state index is 13.3. The number of anilines is 1. The first-order chi connectivity index (χ1) is 17.4. The average molecular weight is 551 g/mol. The lowest BCUT2D eigenvalue weighted by atomic mass is 10.1. The van der Waals surface area contributed by atoms with Crippen LogP contribution in [0.15, 0.2) is 54.9 Å². The lowest BCUT2D eigenvalue weighted by Crippen LogP contribution is -2.37. The van der Waals surface area contributed by atoms with Crippen LogP contribution in [-0.2, 0) is 21.4 Å². The van der Waals surface area contributed by atoms with E-state index in [0.717, 1.165) is 24.8 Å². The number of nitrogens with zero attached hydrogens (tertiary/aromatic N) is 3. The number of likely N-dealkylation sites (tertiary alicyclic amines) is 1. The van der Waals surface area contributed by atoms with Crippen molar-refractivity contribution < 1.29 is 22.3 Å². The van der Waals surface area contributed by atoms with Crippen molar-refractivity contribution >= 4 is 39.3 Å². The number of hydrogen-bond donors (Lipinski definition) is 1. The number of carbonyl (C=O) groups excluding carboxylic acids is 1. The van der Waals surface area contributed by atoms with E-state index < -0.39 is 10.0 Å². The molecule has 1 atom stereocenters. The van der Waals surface area contributed by atoms with E-state index in [1.807, 2.05) is 19.0 Å². The molecule has 0 aromatic heterocycles. The number of sulfonamides is 1. The van der Waals surface area contributed by atoms with E-state index in [-0.39, 0.29) is 28.5 Å².